The zero-order valence-corrected chi connectivity index (χ0v) is 10.0. The van der Waals surface area contributed by atoms with Gasteiger partial charge < -0.3 is 4.74 Å². The van der Waals surface area contributed by atoms with Crippen LogP contribution in [0, 0.1) is 0 Å². The molecular weight excluding hydrogens is 214 g/mol. The zero-order valence-electron chi connectivity index (χ0n) is 10.0. The summed E-state index contributed by atoms with van der Waals surface area (Å²) in [6.07, 6.45) is 2.02. The number of likely N-dealkylation sites (tertiary alicyclic amines) is 1. The highest BCUT2D eigenvalue weighted by molar-refractivity contribution is 5.78. The molecule has 3 rings (SSSR count). The summed E-state index contributed by atoms with van der Waals surface area (Å²) < 4.78 is 5.32. The van der Waals surface area contributed by atoms with Crippen LogP contribution in [0.5, 0.6) is 0 Å². The number of piperidine rings is 1. The first kappa shape index (κ1) is 10.8. The Bertz CT molecular complexity index is 417. The van der Waals surface area contributed by atoms with Crippen molar-refractivity contribution in [3.05, 3.63) is 35.9 Å². The van der Waals surface area contributed by atoms with Gasteiger partial charge in [0.1, 0.15) is 12.1 Å². The third kappa shape index (κ3) is 1.84. The summed E-state index contributed by atoms with van der Waals surface area (Å²) in [4.78, 5) is 14.0. The van der Waals surface area contributed by atoms with Crippen molar-refractivity contribution in [1.29, 1.82) is 0 Å². The predicted octanol–water partition coefficient (Wildman–Crippen LogP) is 2.14. The molecule has 90 valence electrons. The van der Waals surface area contributed by atoms with Crippen LogP contribution >= 0.6 is 0 Å². The molecular formula is C14H17NO2. The van der Waals surface area contributed by atoms with Crippen LogP contribution in [0.2, 0.25) is 0 Å². The number of fused-ring (bicyclic) bond motifs is 2. The summed E-state index contributed by atoms with van der Waals surface area (Å²) in [5.41, 5.74) is 1.27. The average molecular weight is 231 g/mol. The Morgan fingerprint density at radius 2 is 2.12 bits per heavy atom. The molecule has 2 aliphatic rings. The third-order valence-electron chi connectivity index (χ3n) is 3.93. The number of carbonyl (C=O) groups excluding carboxylic acids is 1. The highest BCUT2D eigenvalue weighted by Crippen LogP contribution is 2.34. The van der Waals surface area contributed by atoms with Crippen LogP contribution < -0.4 is 0 Å². The molecule has 2 fully saturated rings. The van der Waals surface area contributed by atoms with Gasteiger partial charge in [0, 0.05) is 19.0 Å². The molecule has 0 unspecified atom stereocenters. The van der Waals surface area contributed by atoms with Gasteiger partial charge in [-0.25, -0.2) is 0 Å². The number of rotatable bonds is 2. The molecule has 1 aromatic carbocycles. The average Bonchev–Trinajstić information content (AvgIpc) is 2.66. The molecule has 3 atom stereocenters. The summed E-state index contributed by atoms with van der Waals surface area (Å²) in [7, 11) is 0. The molecule has 1 aromatic rings. The third-order valence-corrected chi connectivity index (χ3v) is 3.93. The standard InChI is InChI=1S/C14H17NO2/c1-10(11-5-3-2-4-6-11)15-8-7-12-9-13(15)14(16)17-12/h2-6,10,12-13H,7-9H2,1H3/t10-,12+,13-/m0/s1. The fourth-order valence-corrected chi connectivity index (χ4v) is 2.92. The first-order valence-electron chi connectivity index (χ1n) is 6.27. The molecule has 3 heteroatoms. The van der Waals surface area contributed by atoms with Crippen molar-refractivity contribution >= 4 is 5.97 Å². The SMILES string of the molecule is C[C@@H](c1ccccc1)N1CC[C@@H]2C[C@H]1C(=O)O2. The van der Waals surface area contributed by atoms with Gasteiger partial charge in [0.25, 0.3) is 0 Å². The summed E-state index contributed by atoms with van der Waals surface area (Å²) in [5.74, 6) is -0.0321. The first-order valence-corrected chi connectivity index (χ1v) is 6.27. The monoisotopic (exact) mass is 231 g/mol. The minimum atomic E-state index is -0.0321. The first-order chi connectivity index (χ1) is 8.25. The van der Waals surface area contributed by atoms with Gasteiger partial charge in [-0.1, -0.05) is 30.3 Å². The normalized spacial score (nSPS) is 30.1. The molecule has 0 radical (unpaired) electrons. The number of esters is 1. The minimum absolute atomic E-state index is 0.0241. The molecule has 0 aliphatic carbocycles. The van der Waals surface area contributed by atoms with Crippen molar-refractivity contribution < 1.29 is 9.53 Å². The van der Waals surface area contributed by atoms with Crippen molar-refractivity contribution in [2.24, 2.45) is 0 Å². The second kappa shape index (κ2) is 4.15. The van der Waals surface area contributed by atoms with E-state index < -0.39 is 0 Å². The topological polar surface area (TPSA) is 29.5 Å². The van der Waals surface area contributed by atoms with Crippen molar-refractivity contribution in [3.63, 3.8) is 0 Å². The van der Waals surface area contributed by atoms with E-state index in [1.54, 1.807) is 0 Å². The molecule has 2 aliphatic heterocycles. The van der Waals surface area contributed by atoms with Crippen LogP contribution in [0.1, 0.15) is 31.4 Å². The summed E-state index contributed by atoms with van der Waals surface area (Å²) in [5, 5.41) is 0. The lowest BCUT2D eigenvalue weighted by atomic mass is 9.98. The number of hydrogen-bond donors (Lipinski definition) is 0. The van der Waals surface area contributed by atoms with Crippen molar-refractivity contribution in [1.82, 2.24) is 4.90 Å². The molecule has 2 bridgehead atoms. The van der Waals surface area contributed by atoms with E-state index in [0.29, 0.717) is 0 Å². The van der Waals surface area contributed by atoms with Crippen molar-refractivity contribution in [2.75, 3.05) is 6.54 Å². The Morgan fingerprint density at radius 1 is 1.35 bits per heavy atom. The lowest BCUT2D eigenvalue weighted by Crippen LogP contribution is -2.43. The van der Waals surface area contributed by atoms with Gasteiger partial charge in [-0.3, -0.25) is 9.69 Å². The van der Waals surface area contributed by atoms with Crippen molar-refractivity contribution in [2.45, 2.75) is 38.0 Å². The summed E-state index contributed by atoms with van der Waals surface area (Å²) in [6, 6.07) is 10.6. The van der Waals surface area contributed by atoms with Crippen molar-refractivity contribution in [3.8, 4) is 0 Å². The number of nitrogens with zero attached hydrogens (tertiary/aromatic N) is 1. The molecule has 0 spiro atoms. The molecule has 3 nitrogen and oxygen atoms in total. The van der Waals surface area contributed by atoms with Gasteiger partial charge in [0.05, 0.1) is 0 Å². The number of carbonyl (C=O) groups is 1. The van der Waals surface area contributed by atoms with Gasteiger partial charge in [-0.2, -0.15) is 0 Å². The molecule has 0 saturated carbocycles. The minimum Gasteiger partial charge on any atom is -0.461 e. The molecule has 2 heterocycles. The zero-order chi connectivity index (χ0) is 11.8. The fraction of sp³-hybridized carbons (Fsp3) is 0.500. The van der Waals surface area contributed by atoms with E-state index >= 15 is 0 Å². The highest BCUT2D eigenvalue weighted by Gasteiger charge is 2.44. The lowest BCUT2D eigenvalue weighted by molar-refractivity contribution is -0.143. The van der Waals surface area contributed by atoms with E-state index in [1.165, 1.54) is 5.56 Å². The highest BCUT2D eigenvalue weighted by atomic mass is 16.6. The quantitative estimate of drug-likeness (QED) is 0.730. The van der Waals surface area contributed by atoms with E-state index in [2.05, 4.69) is 24.0 Å². The Kier molecular flexibility index (Phi) is 2.63. The van der Waals surface area contributed by atoms with Gasteiger partial charge in [-0.05, 0) is 18.9 Å². The Morgan fingerprint density at radius 3 is 2.88 bits per heavy atom. The molecule has 17 heavy (non-hydrogen) atoms. The lowest BCUT2D eigenvalue weighted by Gasteiger charge is -2.34. The van der Waals surface area contributed by atoms with E-state index in [0.717, 1.165) is 19.4 Å². The number of ether oxygens (including phenoxy) is 1. The maximum Gasteiger partial charge on any atom is 0.323 e. The van der Waals surface area contributed by atoms with Crippen LogP contribution in [0.3, 0.4) is 0 Å². The Hall–Kier alpha value is -1.35. The van der Waals surface area contributed by atoms with E-state index in [1.807, 2.05) is 18.2 Å². The fourth-order valence-electron chi connectivity index (χ4n) is 2.92. The second-order valence-corrected chi connectivity index (χ2v) is 4.92. The maximum atomic E-state index is 11.7. The van der Waals surface area contributed by atoms with Gasteiger partial charge in [0.15, 0.2) is 0 Å². The summed E-state index contributed by atoms with van der Waals surface area (Å²) >= 11 is 0. The van der Waals surface area contributed by atoms with Crippen LogP contribution in [-0.4, -0.2) is 29.6 Å². The second-order valence-electron chi connectivity index (χ2n) is 4.92. The van der Waals surface area contributed by atoms with Crippen LogP contribution in [-0.2, 0) is 9.53 Å². The van der Waals surface area contributed by atoms with Crippen LogP contribution in [0.15, 0.2) is 30.3 Å². The van der Waals surface area contributed by atoms with E-state index in [4.69, 9.17) is 4.74 Å². The Labute approximate surface area is 101 Å². The summed E-state index contributed by atoms with van der Waals surface area (Å²) in [6.45, 7) is 3.12. The van der Waals surface area contributed by atoms with Gasteiger partial charge in [0.2, 0.25) is 0 Å². The van der Waals surface area contributed by atoms with E-state index in [-0.39, 0.29) is 24.2 Å². The molecule has 0 amide bonds. The van der Waals surface area contributed by atoms with E-state index in [9.17, 15) is 4.79 Å². The number of benzene rings is 1. The molecule has 2 saturated heterocycles. The predicted molar refractivity (Wildman–Crippen MR) is 64.5 cm³/mol. The van der Waals surface area contributed by atoms with Crippen LogP contribution in [0.25, 0.3) is 0 Å². The van der Waals surface area contributed by atoms with Crippen LogP contribution in [0.4, 0.5) is 0 Å². The molecule has 0 N–H and O–H groups in total. The largest absolute Gasteiger partial charge is 0.461 e. The van der Waals surface area contributed by atoms with Gasteiger partial charge in [-0.15, -0.1) is 0 Å². The van der Waals surface area contributed by atoms with Gasteiger partial charge >= 0.3 is 5.97 Å². The molecule has 0 aromatic heterocycles. The Balaban J connectivity index is 1.82. The maximum absolute atomic E-state index is 11.7. The number of hydrogen-bond acceptors (Lipinski definition) is 3. The smallest absolute Gasteiger partial charge is 0.323 e.